The molecular weight excluding hydrogens is 408 g/mol. The molecule has 2 heterocycles. The number of carbonyl (C=O) groups excluding carboxylic acids is 2. The number of piperidine rings is 1. The van der Waals surface area contributed by atoms with Crippen molar-refractivity contribution in [3.63, 3.8) is 0 Å². The molecule has 1 aromatic rings. The lowest BCUT2D eigenvalue weighted by Gasteiger charge is -2.39. The number of aromatic nitrogens is 2. The summed E-state index contributed by atoms with van der Waals surface area (Å²) in [6.07, 6.45) is 7.29. The smallest absolute Gasteiger partial charge is 0.343 e. The maximum absolute atomic E-state index is 13.6. The number of H-pyrrole nitrogens is 1. The molecular formula is C20H32N4O5S. The van der Waals surface area contributed by atoms with Crippen molar-refractivity contribution in [1.29, 1.82) is 0 Å². The van der Waals surface area contributed by atoms with Gasteiger partial charge in [-0.2, -0.15) is 5.10 Å². The Bertz CT molecular complexity index is 852. The van der Waals surface area contributed by atoms with E-state index in [9.17, 15) is 18.0 Å². The van der Waals surface area contributed by atoms with Crippen LogP contribution in [0.15, 0.2) is 6.20 Å². The summed E-state index contributed by atoms with van der Waals surface area (Å²) in [6, 6.07) is -0.216. The molecule has 1 aliphatic carbocycles. The second-order valence-electron chi connectivity index (χ2n) is 8.40. The van der Waals surface area contributed by atoms with Crippen LogP contribution in [-0.2, 0) is 19.6 Å². The van der Waals surface area contributed by atoms with Crippen molar-refractivity contribution in [3.05, 3.63) is 11.8 Å². The van der Waals surface area contributed by atoms with Gasteiger partial charge in [-0.05, 0) is 51.4 Å². The van der Waals surface area contributed by atoms with E-state index in [1.807, 2.05) is 0 Å². The normalized spacial score (nSPS) is 23.8. The SMILES string of the molecule is CCOC(=O)c1c[nH]nc1N(C(=O)[C@H]1CC[C@H](C)CC1)C1CCN(S(C)(=O)=O)CC1. The minimum absolute atomic E-state index is 0.0302. The maximum atomic E-state index is 13.6. The maximum Gasteiger partial charge on any atom is 0.343 e. The predicted octanol–water partition coefficient (Wildman–Crippen LogP) is 2.17. The molecule has 2 fully saturated rings. The van der Waals surface area contributed by atoms with Crippen LogP contribution in [0.5, 0.6) is 0 Å². The zero-order valence-corrected chi connectivity index (χ0v) is 18.8. The first-order valence-corrected chi connectivity index (χ1v) is 12.6. The van der Waals surface area contributed by atoms with E-state index in [4.69, 9.17) is 4.74 Å². The van der Waals surface area contributed by atoms with Crippen LogP contribution in [0.4, 0.5) is 5.82 Å². The van der Waals surface area contributed by atoms with E-state index in [0.717, 1.165) is 25.7 Å². The number of esters is 1. The number of aromatic amines is 1. The van der Waals surface area contributed by atoms with Crippen LogP contribution in [0, 0.1) is 11.8 Å². The molecule has 168 valence electrons. The first-order chi connectivity index (χ1) is 14.2. The van der Waals surface area contributed by atoms with Gasteiger partial charge in [0, 0.05) is 31.2 Å². The molecule has 0 aromatic carbocycles. The Morgan fingerprint density at radius 1 is 1.20 bits per heavy atom. The average molecular weight is 441 g/mol. The highest BCUT2D eigenvalue weighted by Crippen LogP contribution is 2.34. The quantitative estimate of drug-likeness (QED) is 0.679. The van der Waals surface area contributed by atoms with E-state index >= 15 is 0 Å². The van der Waals surface area contributed by atoms with Gasteiger partial charge in [0.2, 0.25) is 15.9 Å². The van der Waals surface area contributed by atoms with Crippen LogP contribution >= 0.6 is 0 Å². The number of carbonyl (C=O) groups is 2. The lowest BCUT2D eigenvalue weighted by molar-refractivity contribution is -0.124. The van der Waals surface area contributed by atoms with Crippen molar-refractivity contribution >= 4 is 27.7 Å². The molecule has 10 heteroatoms. The third-order valence-corrected chi connectivity index (χ3v) is 7.51. The molecule has 0 atom stereocenters. The summed E-state index contributed by atoms with van der Waals surface area (Å²) < 4.78 is 30.3. The van der Waals surface area contributed by atoms with Crippen LogP contribution in [0.25, 0.3) is 0 Å². The number of anilines is 1. The minimum Gasteiger partial charge on any atom is -0.462 e. The van der Waals surface area contributed by atoms with Crippen molar-refractivity contribution < 1.29 is 22.7 Å². The first-order valence-electron chi connectivity index (χ1n) is 10.7. The summed E-state index contributed by atoms with van der Waals surface area (Å²) in [5, 5.41) is 6.95. The summed E-state index contributed by atoms with van der Waals surface area (Å²) in [7, 11) is -3.27. The first kappa shape index (κ1) is 22.7. The van der Waals surface area contributed by atoms with Crippen LogP contribution in [0.3, 0.4) is 0 Å². The number of sulfonamides is 1. The van der Waals surface area contributed by atoms with Gasteiger partial charge in [0.05, 0.1) is 12.9 Å². The summed E-state index contributed by atoms with van der Waals surface area (Å²) in [6.45, 7) is 4.84. The molecule has 0 bridgehead atoms. The Balaban J connectivity index is 1.88. The van der Waals surface area contributed by atoms with Gasteiger partial charge in [0.15, 0.2) is 5.82 Å². The van der Waals surface area contributed by atoms with Crippen molar-refractivity contribution in [2.24, 2.45) is 11.8 Å². The molecule has 0 spiro atoms. The standard InChI is InChI=1S/C20H32N4O5S/c1-4-29-20(26)17-13-21-22-18(17)24(19(25)15-7-5-14(2)6-8-15)16-9-11-23(12-10-16)30(3,27)28/h13-16H,4-12H2,1-3H3,(H,21,22)/t14-,15-. The van der Waals surface area contributed by atoms with Crippen molar-refractivity contribution in [3.8, 4) is 0 Å². The number of amides is 1. The Kier molecular flexibility index (Phi) is 7.18. The fourth-order valence-electron chi connectivity index (χ4n) is 4.42. The molecule has 2 aliphatic rings. The lowest BCUT2D eigenvalue weighted by Crippen LogP contribution is -2.51. The number of ether oxygens (including phenoxy) is 1. The fourth-order valence-corrected chi connectivity index (χ4v) is 5.29. The zero-order valence-electron chi connectivity index (χ0n) is 18.0. The topological polar surface area (TPSA) is 113 Å². The molecule has 3 rings (SSSR count). The molecule has 1 saturated heterocycles. The molecule has 1 aromatic heterocycles. The van der Waals surface area contributed by atoms with E-state index in [2.05, 4.69) is 17.1 Å². The number of rotatable bonds is 6. The van der Waals surface area contributed by atoms with Gasteiger partial charge in [-0.15, -0.1) is 0 Å². The van der Waals surface area contributed by atoms with Gasteiger partial charge in [-0.25, -0.2) is 17.5 Å². The average Bonchev–Trinajstić information content (AvgIpc) is 3.18. The van der Waals surface area contributed by atoms with Crippen LogP contribution in [0.1, 0.15) is 62.7 Å². The largest absolute Gasteiger partial charge is 0.462 e. The second-order valence-corrected chi connectivity index (χ2v) is 10.4. The van der Waals surface area contributed by atoms with E-state index in [1.165, 1.54) is 16.8 Å². The molecule has 1 saturated carbocycles. The molecule has 1 N–H and O–H groups in total. The van der Waals surface area contributed by atoms with Crippen molar-refractivity contribution in [2.45, 2.75) is 58.4 Å². The van der Waals surface area contributed by atoms with Crippen LogP contribution in [-0.4, -0.2) is 66.8 Å². The summed E-state index contributed by atoms with van der Waals surface area (Å²) >= 11 is 0. The number of nitrogens with one attached hydrogen (secondary N) is 1. The third-order valence-electron chi connectivity index (χ3n) is 6.20. The zero-order chi connectivity index (χ0) is 21.9. The van der Waals surface area contributed by atoms with E-state index in [-0.39, 0.29) is 35.9 Å². The van der Waals surface area contributed by atoms with Gasteiger partial charge < -0.3 is 4.74 Å². The highest BCUT2D eigenvalue weighted by atomic mass is 32.2. The Morgan fingerprint density at radius 2 is 1.83 bits per heavy atom. The molecule has 1 amide bonds. The summed E-state index contributed by atoms with van der Waals surface area (Å²) in [4.78, 5) is 27.7. The van der Waals surface area contributed by atoms with Crippen molar-refractivity contribution in [1.82, 2.24) is 14.5 Å². The molecule has 0 unspecified atom stereocenters. The summed E-state index contributed by atoms with van der Waals surface area (Å²) in [5.74, 6) is 0.235. The Morgan fingerprint density at radius 3 is 2.40 bits per heavy atom. The van der Waals surface area contributed by atoms with Gasteiger partial charge in [0.1, 0.15) is 5.56 Å². The molecule has 1 aliphatic heterocycles. The van der Waals surface area contributed by atoms with Gasteiger partial charge >= 0.3 is 5.97 Å². The Labute approximate surface area is 178 Å². The molecule has 9 nitrogen and oxygen atoms in total. The summed E-state index contributed by atoms with van der Waals surface area (Å²) in [5.41, 5.74) is 0.236. The minimum atomic E-state index is -3.27. The highest BCUT2D eigenvalue weighted by molar-refractivity contribution is 7.88. The van der Waals surface area contributed by atoms with Crippen molar-refractivity contribution in [2.75, 3.05) is 30.9 Å². The van der Waals surface area contributed by atoms with Crippen LogP contribution < -0.4 is 4.90 Å². The fraction of sp³-hybridized carbons (Fsp3) is 0.750. The lowest BCUT2D eigenvalue weighted by atomic mass is 9.82. The van der Waals surface area contributed by atoms with E-state index in [0.29, 0.717) is 31.8 Å². The van der Waals surface area contributed by atoms with Gasteiger partial charge in [-0.1, -0.05) is 6.92 Å². The monoisotopic (exact) mass is 440 g/mol. The van der Waals surface area contributed by atoms with E-state index < -0.39 is 16.0 Å². The van der Waals surface area contributed by atoms with Crippen LogP contribution in [0.2, 0.25) is 0 Å². The van der Waals surface area contributed by atoms with Gasteiger partial charge in [0.25, 0.3) is 0 Å². The third kappa shape index (κ3) is 5.03. The van der Waals surface area contributed by atoms with Gasteiger partial charge in [-0.3, -0.25) is 14.8 Å². The number of hydrogen-bond donors (Lipinski definition) is 1. The Hall–Kier alpha value is -1.94. The molecule has 0 radical (unpaired) electrons. The molecule has 30 heavy (non-hydrogen) atoms. The predicted molar refractivity (Wildman–Crippen MR) is 113 cm³/mol. The number of nitrogens with zero attached hydrogens (tertiary/aromatic N) is 3. The second kappa shape index (κ2) is 9.47. The number of hydrogen-bond acceptors (Lipinski definition) is 6. The van der Waals surface area contributed by atoms with E-state index in [1.54, 1.807) is 11.8 Å². The highest BCUT2D eigenvalue weighted by Gasteiger charge is 2.38.